The van der Waals surface area contributed by atoms with Crippen LogP contribution >= 0.6 is 11.3 Å². The van der Waals surface area contributed by atoms with Gasteiger partial charge in [-0.1, -0.05) is 37.6 Å². The molecule has 0 radical (unpaired) electrons. The van der Waals surface area contributed by atoms with Crippen molar-refractivity contribution in [3.8, 4) is 0 Å². The van der Waals surface area contributed by atoms with E-state index in [-0.39, 0.29) is 5.78 Å². The SMILES string of the molecule is CC=C(C(=O)CCCC)c1csc2ccccc12. The summed E-state index contributed by atoms with van der Waals surface area (Å²) in [6.07, 6.45) is 4.64. The number of unbranched alkanes of at least 4 members (excludes halogenated alkanes) is 1. The predicted octanol–water partition coefficient (Wildman–Crippen LogP) is 5.06. The van der Waals surface area contributed by atoms with Crippen molar-refractivity contribution in [2.45, 2.75) is 33.1 Å². The number of carbonyl (C=O) groups excluding carboxylic acids is 1. The molecular formula is C16H18OS. The number of rotatable bonds is 5. The molecule has 0 saturated heterocycles. The third-order valence-electron chi connectivity index (χ3n) is 3.12. The monoisotopic (exact) mass is 258 g/mol. The minimum Gasteiger partial charge on any atom is -0.294 e. The molecule has 0 N–H and O–H groups in total. The second kappa shape index (κ2) is 5.96. The van der Waals surface area contributed by atoms with Gasteiger partial charge in [0.2, 0.25) is 0 Å². The highest BCUT2D eigenvalue weighted by Gasteiger charge is 2.14. The van der Waals surface area contributed by atoms with E-state index in [9.17, 15) is 4.79 Å². The van der Waals surface area contributed by atoms with Gasteiger partial charge in [0, 0.05) is 27.6 Å². The van der Waals surface area contributed by atoms with Crippen molar-refractivity contribution in [1.29, 1.82) is 0 Å². The van der Waals surface area contributed by atoms with Gasteiger partial charge in [0.1, 0.15) is 0 Å². The average Bonchev–Trinajstić information content (AvgIpc) is 2.81. The Morgan fingerprint density at radius 1 is 1.33 bits per heavy atom. The van der Waals surface area contributed by atoms with Crippen molar-refractivity contribution in [2.75, 3.05) is 0 Å². The van der Waals surface area contributed by atoms with E-state index in [1.807, 2.05) is 25.1 Å². The molecular weight excluding hydrogens is 240 g/mol. The Balaban J connectivity index is 2.36. The number of fused-ring (bicyclic) bond motifs is 1. The van der Waals surface area contributed by atoms with E-state index in [0.717, 1.165) is 24.0 Å². The van der Waals surface area contributed by atoms with Gasteiger partial charge in [-0.05, 0) is 24.8 Å². The summed E-state index contributed by atoms with van der Waals surface area (Å²) in [4.78, 5) is 12.2. The normalized spacial score (nSPS) is 12.0. The van der Waals surface area contributed by atoms with Gasteiger partial charge in [-0.2, -0.15) is 0 Å². The van der Waals surface area contributed by atoms with Crippen molar-refractivity contribution >= 4 is 32.8 Å². The van der Waals surface area contributed by atoms with Gasteiger partial charge in [0.05, 0.1) is 0 Å². The Bertz CT molecular complexity index is 578. The molecule has 2 rings (SSSR count). The van der Waals surface area contributed by atoms with Crippen molar-refractivity contribution in [3.05, 3.63) is 41.3 Å². The highest BCUT2D eigenvalue weighted by molar-refractivity contribution is 7.17. The van der Waals surface area contributed by atoms with Crippen molar-refractivity contribution < 1.29 is 4.79 Å². The van der Waals surface area contributed by atoms with E-state index in [2.05, 4.69) is 24.4 Å². The quantitative estimate of drug-likeness (QED) is 0.685. The van der Waals surface area contributed by atoms with Crippen LogP contribution in [0, 0.1) is 0 Å². The van der Waals surface area contributed by atoms with Gasteiger partial charge >= 0.3 is 0 Å². The zero-order valence-electron chi connectivity index (χ0n) is 10.9. The number of carbonyl (C=O) groups is 1. The molecule has 0 atom stereocenters. The zero-order chi connectivity index (χ0) is 13.0. The molecule has 0 fully saturated rings. The van der Waals surface area contributed by atoms with Crippen molar-refractivity contribution in [3.63, 3.8) is 0 Å². The van der Waals surface area contributed by atoms with Crippen molar-refractivity contribution in [2.24, 2.45) is 0 Å². The van der Waals surface area contributed by atoms with Gasteiger partial charge in [-0.15, -0.1) is 11.3 Å². The molecule has 2 aromatic rings. The summed E-state index contributed by atoms with van der Waals surface area (Å²) in [5.74, 6) is 0.267. The van der Waals surface area contributed by atoms with E-state index < -0.39 is 0 Å². The molecule has 18 heavy (non-hydrogen) atoms. The fourth-order valence-corrected chi connectivity index (χ4v) is 3.09. The zero-order valence-corrected chi connectivity index (χ0v) is 11.7. The van der Waals surface area contributed by atoms with Crippen LogP contribution in [0.5, 0.6) is 0 Å². The molecule has 0 saturated carbocycles. The van der Waals surface area contributed by atoms with E-state index in [1.165, 1.54) is 10.1 Å². The Hall–Kier alpha value is -1.41. The maximum absolute atomic E-state index is 12.2. The third kappa shape index (κ3) is 2.54. The summed E-state index contributed by atoms with van der Waals surface area (Å²) in [6, 6.07) is 8.27. The molecule has 1 aromatic carbocycles. The lowest BCUT2D eigenvalue weighted by molar-refractivity contribution is -0.113. The smallest absolute Gasteiger partial charge is 0.163 e. The van der Waals surface area contributed by atoms with Gasteiger partial charge in [0.25, 0.3) is 0 Å². The van der Waals surface area contributed by atoms with Crippen molar-refractivity contribution in [1.82, 2.24) is 0 Å². The number of benzene rings is 1. The number of hydrogen-bond donors (Lipinski definition) is 0. The Morgan fingerprint density at radius 2 is 2.11 bits per heavy atom. The Labute approximate surface area is 112 Å². The number of thiophene rings is 1. The highest BCUT2D eigenvalue weighted by atomic mass is 32.1. The van der Waals surface area contributed by atoms with Crippen LogP contribution in [0.4, 0.5) is 0 Å². The number of ketones is 1. The predicted molar refractivity (Wildman–Crippen MR) is 80.0 cm³/mol. The highest BCUT2D eigenvalue weighted by Crippen LogP contribution is 2.31. The summed E-state index contributed by atoms with van der Waals surface area (Å²) in [5, 5.41) is 3.30. The fourth-order valence-electron chi connectivity index (χ4n) is 2.13. The van der Waals surface area contributed by atoms with Gasteiger partial charge in [-0.25, -0.2) is 0 Å². The van der Waals surface area contributed by atoms with Crippen LogP contribution in [0.25, 0.3) is 15.7 Å². The Morgan fingerprint density at radius 3 is 2.83 bits per heavy atom. The minimum absolute atomic E-state index is 0.267. The summed E-state index contributed by atoms with van der Waals surface area (Å²) in [5.41, 5.74) is 1.97. The summed E-state index contributed by atoms with van der Waals surface area (Å²) in [7, 11) is 0. The second-order valence-corrected chi connectivity index (χ2v) is 5.29. The number of hydrogen-bond acceptors (Lipinski definition) is 2. The molecule has 2 heteroatoms. The summed E-state index contributed by atoms with van der Waals surface area (Å²) in [6.45, 7) is 4.06. The first-order chi connectivity index (χ1) is 8.77. The van der Waals surface area contributed by atoms with Gasteiger partial charge in [-0.3, -0.25) is 4.79 Å². The molecule has 0 unspecified atom stereocenters. The first kappa shape index (κ1) is 13.0. The van der Waals surface area contributed by atoms with Crippen LogP contribution in [-0.2, 0) is 4.79 Å². The molecule has 1 nitrogen and oxygen atoms in total. The standard InChI is InChI=1S/C16H18OS/c1-3-5-9-15(17)12(4-2)14-11-18-16-10-7-6-8-13(14)16/h4,6-8,10-11H,3,5,9H2,1-2H3. The summed E-state index contributed by atoms with van der Waals surface area (Å²) >= 11 is 1.71. The van der Waals surface area contributed by atoms with Crippen LogP contribution in [0.2, 0.25) is 0 Å². The molecule has 0 amide bonds. The van der Waals surface area contributed by atoms with Crippen LogP contribution in [0.1, 0.15) is 38.7 Å². The molecule has 94 valence electrons. The van der Waals surface area contributed by atoms with E-state index >= 15 is 0 Å². The lowest BCUT2D eigenvalue weighted by Gasteiger charge is -2.05. The van der Waals surface area contributed by atoms with Gasteiger partial charge < -0.3 is 0 Å². The molecule has 0 aliphatic rings. The lowest BCUT2D eigenvalue weighted by Crippen LogP contribution is -2.00. The molecule has 0 bridgehead atoms. The largest absolute Gasteiger partial charge is 0.294 e. The third-order valence-corrected chi connectivity index (χ3v) is 4.08. The second-order valence-electron chi connectivity index (χ2n) is 4.37. The summed E-state index contributed by atoms with van der Waals surface area (Å²) < 4.78 is 1.25. The van der Waals surface area contributed by atoms with E-state index in [0.29, 0.717) is 6.42 Å². The average molecular weight is 258 g/mol. The van der Waals surface area contributed by atoms with Crippen LogP contribution in [0.15, 0.2) is 35.7 Å². The Kier molecular flexibility index (Phi) is 4.32. The number of allylic oxidation sites excluding steroid dienone is 2. The maximum Gasteiger partial charge on any atom is 0.163 e. The molecule has 0 aliphatic heterocycles. The van der Waals surface area contributed by atoms with E-state index in [1.54, 1.807) is 11.3 Å². The molecule has 1 heterocycles. The maximum atomic E-state index is 12.2. The molecule has 1 aromatic heterocycles. The fraction of sp³-hybridized carbons (Fsp3) is 0.312. The first-order valence-electron chi connectivity index (χ1n) is 6.44. The minimum atomic E-state index is 0.267. The molecule has 0 aliphatic carbocycles. The first-order valence-corrected chi connectivity index (χ1v) is 7.32. The number of Topliss-reactive ketones (excluding diaryl/α,β-unsaturated/α-hetero) is 1. The molecule has 0 spiro atoms. The van der Waals surface area contributed by atoms with E-state index in [4.69, 9.17) is 0 Å². The lowest BCUT2D eigenvalue weighted by atomic mass is 9.98. The van der Waals surface area contributed by atoms with Gasteiger partial charge in [0.15, 0.2) is 5.78 Å². The topological polar surface area (TPSA) is 17.1 Å². The van der Waals surface area contributed by atoms with Crippen LogP contribution in [-0.4, -0.2) is 5.78 Å². The van der Waals surface area contributed by atoms with Crippen LogP contribution in [0.3, 0.4) is 0 Å². The van der Waals surface area contributed by atoms with Crippen LogP contribution < -0.4 is 0 Å².